The number of hydrogen-bond donors (Lipinski definition) is 2. The standard InChI is InChI=1S/C32H37N7O3/c1-19-14-22-15-27(34-19)26-17-33-38(2)31(26)42-13-3-4-21(20-5-6-20)18-39-29-12-9-24(35-23-7-10-25(40)11-8-23)16-28(29)36-32(39)37-30(22)41/h9,12,14-17,20-21,23,35H,3-8,10-11,13,18H2,1-2H3,(H,36,37,41). The summed E-state index contributed by atoms with van der Waals surface area (Å²) in [5, 5.41) is 11.2. The Morgan fingerprint density at radius 2 is 1.83 bits per heavy atom. The van der Waals surface area contributed by atoms with Crippen molar-refractivity contribution in [2.24, 2.45) is 18.9 Å². The molecule has 2 aliphatic carbocycles. The van der Waals surface area contributed by atoms with Gasteiger partial charge in [0.1, 0.15) is 5.78 Å². The van der Waals surface area contributed by atoms with Gasteiger partial charge >= 0.3 is 0 Å². The Kier molecular flexibility index (Phi) is 6.91. The molecule has 4 heterocycles. The Morgan fingerprint density at radius 3 is 2.64 bits per heavy atom. The first-order valence-corrected chi connectivity index (χ1v) is 15.1. The largest absolute Gasteiger partial charge is 0.477 e. The minimum atomic E-state index is -0.229. The molecule has 0 saturated heterocycles. The maximum atomic E-state index is 13.7. The molecule has 10 nitrogen and oxygen atoms in total. The Bertz CT molecular complexity index is 1660. The number of carbonyl (C=O) groups excluding carboxylic acids is 2. The number of aryl methyl sites for hydroxylation is 2. The van der Waals surface area contributed by atoms with E-state index >= 15 is 0 Å². The highest BCUT2D eigenvalue weighted by molar-refractivity contribution is 6.05. The lowest BCUT2D eigenvalue weighted by atomic mass is 9.94. The molecule has 3 aliphatic rings. The van der Waals surface area contributed by atoms with Gasteiger partial charge in [0, 0.05) is 49.4 Å². The smallest absolute Gasteiger partial charge is 0.258 e. The lowest BCUT2D eigenvalue weighted by molar-refractivity contribution is -0.120. The number of pyridine rings is 1. The van der Waals surface area contributed by atoms with Crippen LogP contribution in [-0.4, -0.2) is 48.7 Å². The molecule has 218 valence electrons. The van der Waals surface area contributed by atoms with E-state index in [-0.39, 0.29) is 11.9 Å². The van der Waals surface area contributed by atoms with E-state index in [4.69, 9.17) is 14.7 Å². The fraction of sp³-hybridized carbons (Fsp3) is 0.469. The van der Waals surface area contributed by atoms with Gasteiger partial charge in [-0.05, 0) is 87.6 Å². The molecule has 2 fully saturated rings. The van der Waals surface area contributed by atoms with E-state index < -0.39 is 0 Å². The molecule has 10 heteroatoms. The van der Waals surface area contributed by atoms with Crippen LogP contribution in [0.5, 0.6) is 5.88 Å². The van der Waals surface area contributed by atoms with E-state index in [0.29, 0.717) is 60.2 Å². The quantitative estimate of drug-likeness (QED) is 0.335. The molecular weight excluding hydrogens is 530 g/mol. The fourth-order valence-corrected chi connectivity index (χ4v) is 6.50. The molecule has 2 N–H and O–H groups in total. The number of hydrogen-bond acceptors (Lipinski definition) is 7. The monoisotopic (exact) mass is 567 g/mol. The van der Waals surface area contributed by atoms with Crippen LogP contribution in [0.4, 0.5) is 11.6 Å². The summed E-state index contributed by atoms with van der Waals surface area (Å²) in [4.78, 5) is 35.1. The number of fused-ring (bicyclic) bond motifs is 7. The Labute approximate surface area is 244 Å². The molecule has 1 atom stereocenters. The van der Waals surface area contributed by atoms with E-state index in [1.165, 1.54) is 12.8 Å². The van der Waals surface area contributed by atoms with Crippen LogP contribution in [0.1, 0.15) is 67.4 Å². The molecule has 1 aliphatic heterocycles. The third-order valence-electron chi connectivity index (χ3n) is 8.93. The van der Waals surface area contributed by atoms with Crippen molar-refractivity contribution in [3.05, 3.63) is 47.8 Å². The van der Waals surface area contributed by atoms with Crippen LogP contribution in [0, 0.1) is 18.8 Å². The highest BCUT2D eigenvalue weighted by Gasteiger charge is 2.32. The van der Waals surface area contributed by atoms with Crippen molar-refractivity contribution in [3.8, 4) is 17.1 Å². The van der Waals surface area contributed by atoms with E-state index in [1.807, 2.05) is 14.0 Å². The lowest BCUT2D eigenvalue weighted by Gasteiger charge is -2.23. The van der Waals surface area contributed by atoms with Crippen molar-refractivity contribution in [2.75, 3.05) is 17.2 Å². The summed E-state index contributed by atoms with van der Waals surface area (Å²) in [5.41, 5.74) is 5.51. The zero-order chi connectivity index (χ0) is 28.8. The van der Waals surface area contributed by atoms with Crippen LogP contribution >= 0.6 is 0 Å². The first-order valence-electron chi connectivity index (χ1n) is 15.1. The Hall–Kier alpha value is -4.21. The van der Waals surface area contributed by atoms with Crippen molar-refractivity contribution in [1.29, 1.82) is 0 Å². The fourth-order valence-electron chi connectivity index (χ4n) is 6.50. The maximum absolute atomic E-state index is 13.7. The summed E-state index contributed by atoms with van der Waals surface area (Å²) in [6, 6.07) is 10.1. The average Bonchev–Trinajstić information content (AvgIpc) is 3.68. The summed E-state index contributed by atoms with van der Waals surface area (Å²) in [7, 11) is 1.87. The molecule has 4 aromatic rings. The van der Waals surface area contributed by atoms with E-state index in [2.05, 4.69) is 38.5 Å². The van der Waals surface area contributed by atoms with E-state index in [0.717, 1.165) is 60.2 Å². The normalized spacial score (nSPS) is 20.2. The molecule has 3 aromatic heterocycles. The number of Topliss-reactive ketones (excluding diaryl/α,β-unsaturated/α-hetero) is 1. The summed E-state index contributed by atoms with van der Waals surface area (Å²) < 4.78 is 10.2. The number of carbonyl (C=O) groups is 2. The Morgan fingerprint density at radius 1 is 1.00 bits per heavy atom. The van der Waals surface area contributed by atoms with Crippen molar-refractivity contribution < 1.29 is 14.3 Å². The van der Waals surface area contributed by atoms with Gasteiger partial charge in [-0.3, -0.25) is 19.9 Å². The second-order valence-electron chi connectivity index (χ2n) is 12.1. The van der Waals surface area contributed by atoms with Gasteiger partial charge in [-0.2, -0.15) is 5.10 Å². The summed E-state index contributed by atoms with van der Waals surface area (Å²) >= 11 is 0. The topological polar surface area (TPSA) is 116 Å². The third-order valence-corrected chi connectivity index (χ3v) is 8.93. The van der Waals surface area contributed by atoms with Gasteiger partial charge in [-0.15, -0.1) is 0 Å². The number of rotatable bonds is 3. The summed E-state index contributed by atoms with van der Waals surface area (Å²) in [5.74, 6) is 2.48. The van der Waals surface area contributed by atoms with E-state index in [1.54, 1.807) is 23.0 Å². The second kappa shape index (κ2) is 10.9. The molecule has 1 aromatic carbocycles. The Balaban J connectivity index is 1.26. The van der Waals surface area contributed by atoms with Gasteiger partial charge < -0.3 is 14.6 Å². The van der Waals surface area contributed by atoms with Crippen LogP contribution in [-0.2, 0) is 18.4 Å². The van der Waals surface area contributed by atoms with Crippen molar-refractivity contribution in [1.82, 2.24) is 24.3 Å². The van der Waals surface area contributed by atoms with Gasteiger partial charge in [-0.1, -0.05) is 0 Å². The number of nitrogens with one attached hydrogen (secondary N) is 2. The molecule has 1 unspecified atom stereocenters. The SMILES string of the molecule is Cc1cc2cc(n1)-c1cnn(C)c1OCCCC(C1CC1)Cn1c(nc3cc(NC4CCC(=O)CC4)ccc31)NC2=O. The zero-order valence-corrected chi connectivity index (χ0v) is 24.2. The molecule has 0 spiro atoms. The number of amides is 1. The summed E-state index contributed by atoms with van der Waals surface area (Å²) in [6.07, 6.45) is 9.15. The number of ketones is 1. The minimum Gasteiger partial charge on any atom is -0.477 e. The molecule has 42 heavy (non-hydrogen) atoms. The third kappa shape index (κ3) is 5.37. The van der Waals surface area contributed by atoms with Crippen molar-refractivity contribution >= 4 is 34.4 Å². The highest BCUT2D eigenvalue weighted by atomic mass is 16.5. The van der Waals surface area contributed by atoms with Crippen molar-refractivity contribution in [3.63, 3.8) is 0 Å². The molecule has 2 bridgehead atoms. The highest BCUT2D eigenvalue weighted by Crippen LogP contribution is 2.41. The predicted molar refractivity (Wildman–Crippen MR) is 161 cm³/mol. The van der Waals surface area contributed by atoms with Crippen LogP contribution < -0.4 is 15.4 Å². The second-order valence-corrected chi connectivity index (χ2v) is 12.1. The van der Waals surface area contributed by atoms with Gasteiger partial charge in [0.2, 0.25) is 11.8 Å². The van der Waals surface area contributed by atoms with Crippen LogP contribution in [0.2, 0.25) is 0 Å². The van der Waals surface area contributed by atoms with E-state index in [9.17, 15) is 9.59 Å². The number of benzene rings is 1. The van der Waals surface area contributed by atoms with Gasteiger partial charge in [0.05, 0.1) is 35.1 Å². The molecule has 2 saturated carbocycles. The number of anilines is 2. The zero-order valence-electron chi connectivity index (χ0n) is 24.2. The average molecular weight is 568 g/mol. The number of ether oxygens (including phenoxy) is 1. The minimum absolute atomic E-state index is 0.229. The number of imidazole rings is 1. The van der Waals surface area contributed by atoms with Gasteiger partial charge in [0.15, 0.2) is 0 Å². The van der Waals surface area contributed by atoms with Crippen LogP contribution in [0.15, 0.2) is 36.5 Å². The molecule has 7 rings (SSSR count). The van der Waals surface area contributed by atoms with Crippen LogP contribution in [0.3, 0.4) is 0 Å². The van der Waals surface area contributed by atoms with Crippen molar-refractivity contribution in [2.45, 2.75) is 70.9 Å². The maximum Gasteiger partial charge on any atom is 0.258 e. The molecule has 1 amide bonds. The van der Waals surface area contributed by atoms with Crippen LogP contribution in [0.25, 0.3) is 22.3 Å². The summed E-state index contributed by atoms with van der Waals surface area (Å²) in [6.45, 7) is 3.26. The number of nitrogens with zero attached hydrogens (tertiary/aromatic N) is 5. The molecular formula is C32H37N7O3. The first-order chi connectivity index (χ1) is 20.4. The molecule has 0 radical (unpaired) electrons. The predicted octanol–water partition coefficient (Wildman–Crippen LogP) is 5.51. The number of aromatic nitrogens is 5. The van der Waals surface area contributed by atoms with Gasteiger partial charge in [-0.25, -0.2) is 9.67 Å². The first kappa shape index (κ1) is 26.7. The van der Waals surface area contributed by atoms with Gasteiger partial charge in [0.25, 0.3) is 5.91 Å². The lowest BCUT2D eigenvalue weighted by Crippen LogP contribution is -2.25.